The molecule has 0 nitrogen and oxygen atoms in total. The molecule has 2 atom stereocenters. The minimum atomic E-state index is 0.517. The molecule has 2 heterocycles. The molecule has 3 fully saturated rings. The van der Waals surface area contributed by atoms with E-state index in [9.17, 15) is 0 Å². The SMILES string of the molecule is CC12[B]C([B]C3CCCCCCC3)(CCCCCC1)CC2. The Morgan fingerprint density at radius 2 is 1.33 bits per heavy atom. The fourth-order valence-electron chi connectivity index (χ4n) is 5.43. The Labute approximate surface area is 134 Å². The van der Waals surface area contributed by atoms with Gasteiger partial charge >= 0.3 is 0 Å². The van der Waals surface area contributed by atoms with E-state index >= 15 is 0 Å². The van der Waals surface area contributed by atoms with Crippen LogP contribution in [0.5, 0.6) is 0 Å². The lowest BCUT2D eigenvalue weighted by atomic mass is 9.26. The van der Waals surface area contributed by atoms with E-state index in [0.29, 0.717) is 10.5 Å². The molecule has 2 unspecified atom stereocenters. The molecule has 2 heteroatoms. The van der Waals surface area contributed by atoms with Gasteiger partial charge in [-0.2, -0.15) is 0 Å². The molecule has 2 radical (unpaired) electrons. The molecular formula is C19H34B2. The second-order valence-corrected chi connectivity index (χ2v) is 8.72. The van der Waals surface area contributed by atoms with E-state index < -0.39 is 0 Å². The summed E-state index contributed by atoms with van der Waals surface area (Å²) in [5, 5.41) is 1.07. The summed E-state index contributed by atoms with van der Waals surface area (Å²) in [5.74, 6) is 0.921. The number of rotatable bonds is 2. The van der Waals surface area contributed by atoms with E-state index in [2.05, 4.69) is 21.5 Å². The highest BCUT2D eigenvalue weighted by molar-refractivity contribution is 6.65. The minimum Gasteiger partial charge on any atom is -0.0820 e. The van der Waals surface area contributed by atoms with Gasteiger partial charge in [0.2, 0.25) is 0 Å². The van der Waals surface area contributed by atoms with Gasteiger partial charge in [0.1, 0.15) is 14.6 Å². The predicted molar refractivity (Wildman–Crippen MR) is 95.6 cm³/mol. The topological polar surface area (TPSA) is 0 Å². The van der Waals surface area contributed by atoms with Crippen LogP contribution in [0, 0.1) is 0 Å². The largest absolute Gasteiger partial charge is 0.115 e. The molecule has 0 spiro atoms. The Morgan fingerprint density at radius 3 is 2.10 bits per heavy atom. The molecule has 21 heavy (non-hydrogen) atoms. The molecule has 2 aliphatic heterocycles. The maximum Gasteiger partial charge on any atom is 0.115 e. The van der Waals surface area contributed by atoms with Crippen LogP contribution in [0.1, 0.15) is 103 Å². The quantitative estimate of drug-likeness (QED) is 0.517. The normalized spacial score (nSPS) is 39.3. The summed E-state index contributed by atoms with van der Waals surface area (Å²) in [6, 6.07) is 0. The third kappa shape index (κ3) is 4.32. The summed E-state index contributed by atoms with van der Waals surface area (Å²) >= 11 is 0. The van der Waals surface area contributed by atoms with Crippen molar-refractivity contribution in [2.24, 2.45) is 0 Å². The third-order valence-electron chi connectivity index (χ3n) is 6.66. The van der Waals surface area contributed by atoms with Crippen LogP contribution >= 0.6 is 0 Å². The van der Waals surface area contributed by atoms with Gasteiger partial charge in [-0.3, -0.25) is 0 Å². The van der Waals surface area contributed by atoms with Crippen LogP contribution in [0.4, 0.5) is 0 Å². The van der Waals surface area contributed by atoms with E-state index in [1.807, 2.05) is 0 Å². The van der Waals surface area contributed by atoms with Gasteiger partial charge in [-0.15, -0.1) is 0 Å². The molecule has 1 aliphatic carbocycles. The first-order chi connectivity index (χ1) is 10.2. The fraction of sp³-hybridized carbons (Fsp3) is 1.00. The maximum atomic E-state index is 2.87. The average molecular weight is 284 g/mol. The Kier molecular flexibility index (Phi) is 5.44. The van der Waals surface area contributed by atoms with Crippen LogP contribution in [0.25, 0.3) is 0 Å². The van der Waals surface area contributed by atoms with Crippen LogP contribution in [-0.4, -0.2) is 14.6 Å². The fourth-order valence-corrected chi connectivity index (χ4v) is 5.43. The monoisotopic (exact) mass is 284 g/mol. The van der Waals surface area contributed by atoms with E-state index in [1.165, 1.54) is 96.3 Å². The first kappa shape index (κ1) is 16.0. The zero-order valence-electron chi connectivity index (χ0n) is 14.3. The van der Waals surface area contributed by atoms with Gasteiger partial charge in [0.05, 0.1) is 0 Å². The van der Waals surface area contributed by atoms with Crippen molar-refractivity contribution in [2.45, 2.75) is 120 Å². The number of hydrogen-bond acceptors (Lipinski definition) is 0. The average Bonchev–Trinajstić information content (AvgIpc) is 2.78. The van der Waals surface area contributed by atoms with Crippen LogP contribution < -0.4 is 0 Å². The molecule has 3 aliphatic rings. The second kappa shape index (κ2) is 7.14. The molecular weight excluding hydrogens is 250 g/mol. The van der Waals surface area contributed by atoms with E-state index in [1.54, 1.807) is 0 Å². The zero-order valence-corrected chi connectivity index (χ0v) is 14.3. The van der Waals surface area contributed by atoms with E-state index in [-0.39, 0.29) is 0 Å². The predicted octanol–water partition coefficient (Wildman–Crippen LogP) is 6.37. The van der Waals surface area contributed by atoms with Crippen molar-refractivity contribution in [1.29, 1.82) is 0 Å². The number of hydrogen-bond donors (Lipinski definition) is 0. The standard InChI is InChI=1S/C19H34B2/c1-18-13-9-5-6-10-14-19(21-18,16-15-18)20-17-11-7-3-2-4-8-12-17/h17H,2-16H2,1H3. The van der Waals surface area contributed by atoms with Gasteiger partial charge in [0.15, 0.2) is 0 Å². The highest BCUT2D eigenvalue weighted by atomic mass is 14.3. The van der Waals surface area contributed by atoms with Crippen molar-refractivity contribution in [3.05, 3.63) is 0 Å². The van der Waals surface area contributed by atoms with Crippen LogP contribution in [0.2, 0.25) is 16.3 Å². The summed E-state index contributed by atoms with van der Waals surface area (Å²) in [4.78, 5) is 0. The summed E-state index contributed by atoms with van der Waals surface area (Å²) < 4.78 is 0. The van der Waals surface area contributed by atoms with Crippen molar-refractivity contribution < 1.29 is 0 Å². The van der Waals surface area contributed by atoms with Crippen molar-refractivity contribution in [3.63, 3.8) is 0 Å². The lowest BCUT2D eigenvalue weighted by Gasteiger charge is -2.34. The van der Waals surface area contributed by atoms with Crippen LogP contribution in [0.15, 0.2) is 0 Å². The summed E-state index contributed by atoms with van der Waals surface area (Å²) in [6.07, 6.45) is 22.1. The van der Waals surface area contributed by atoms with Gasteiger partial charge in [0, 0.05) is 0 Å². The van der Waals surface area contributed by atoms with Gasteiger partial charge in [-0.25, -0.2) is 0 Å². The molecule has 3 rings (SSSR count). The minimum absolute atomic E-state index is 0.517. The lowest BCUT2D eigenvalue weighted by Crippen LogP contribution is -2.30. The Bertz CT molecular complexity index is 322. The van der Waals surface area contributed by atoms with Gasteiger partial charge in [0.25, 0.3) is 0 Å². The van der Waals surface area contributed by atoms with E-state index in [0.717, 1.165) is 5.82 Å². The zero-order chi connectivity index (χ0) is 14.6. The van der Waals surface area contributed by atoms with E-state index in [4.69, 9.17) is 0 Å². The molecule has 0 aromatic rings. The molecule has 116 valence electrons. The summed E-state index contributed by atoms with van der Waals surface area (Å²) in [6.45, 7) is 2.55. The maximum absolute atomic E-state index is 2.87. The van der Waals surface area contributed by atoms with Gasteiger partial charge in [-0.1, -0.05) is 120 Å². The Morgan fingerprint density at radius 1 is 0.714 bits per heavy atom. The smallest absolute Gasteiger partial charge is 0.0820 e. The summed E-state index contributed by atoms with van der Waals surface area (Å²) in [5.41, 5.74) is 0. The van der Waals surface area contributed by atoms with Gasteiger partial charge < -0.3 is 0 Å². The first-order valence-corrected chi connectivity index (χ1v) is 9.93. The van der Waals surface area contributed by atoms with Gasteiger partial charge in [-0.05, 0) is 0 Å². The van der Waals surface area contributed by atoms with Crippen molar-refractivity contribution >= 4 is 14.6 Å². The molecule has 1 saturated carbocycles. The summed E-state index contributed by atoms with van der Waals surface area (Å²) in [7, 11) is 5.71. The second-order valence-electron chi connectivity index (χ2n) is 8.72. The number of fused-ring (bicyclic) bond motifs is 2. The van der Waals surface area contributed by atoms with Crippen LogP contribution in [0.3, 0.4) is 0 Å². The molecule has 0 aromatic carbocycles. The van der Waals surface area contributed by atoms with Crippen LogP contribution in [-0.2, 0) is 0 Å². The van der Waals surface area contributed by atoms with Crippen molar-refractivity contribution in [1.82, 2.24) is 0 Å². The highest BCUT2D eigenvalue weighted by Crippen LogP contribution is 2.58. The lowest BCUT2D eigenvalue weighted by molar-refractivity contribution is 0.453. The molecule has 0 aromatic heterocycles. The molecule has 0 N–H and O–H groups in total. The Balaban J connectivity index is 1.65. The van der Waals surface area contributed by atoms with Crippen molar-refractivity contribution in [3.8, 4) is 0 Å². The highest BCUT2D eigenvalue weighted by Gasteiger charge is 2.46. The molecule has 2 bridgehead atoms. The third-order valence-corrected chi connectivity index (χ3v) is 6.66. The molecule has 2 saturated heterocycles. The molecule has 0 amide bonds. The Hall–Kier alpha value is 0.130. The first-order valence-electron chi connectivity index (χ1n) is 9.93. The van der Waals surface area contributed by atoms with Crippen molar-refractivity contribution in [2.75, 3.05) is 0 Å².